The molecule has 0 amide bonds. The number of hydrogen-bond acceptors (Lipinski definition) is 0. The van der Waals surface area contributed by atoms with Crippen LogP contribution in [0.1, 0.15) is 84.5 Å². The van der Waals surface area contributed by atoms with Crippen molar-refractivity contribution >= 4 is 9.52 Å². The van der Waals surface area contributed by atoms with Gasteiger partial charge in [-0.1, -0.05) is 83.2 Å². The Bertz CT molecular complexity index is 222. The monoisotopic (exact) mass is 280 g/mol. The smallest absolute Gasteiger partial charge is 0.0231 e. The zero-order valence-corrected chi connectivity index (χ0v) is 14.9. The summed E-state index contributed by atoms with van der Waals surface area (Å²) in [4.78, 5) is 0. The van der Waals surface area contributed by atoms with Gasteiger partial charge in [-0.15, -0.1) is 0 Å². The minimum absolute atomic E-state index is 0.299. The van der Waals surface area contributed by atoms with Gasteiger partial charge in [-0.3, -0.25) is 0 Å². The first-order valence-corrected chi connectivity index (χ1v) is 11.1. The van der Waals surface area contributed by atoms with Crippen LogP contribution in [0.5, 0.6) is 0 Å². The van der Waals surface area contributed by atoms with Crippen molar-refractivity contribution in [2.24, 2.45) is 17.8 Å². The molecule has 0 nitrogen and oxygen atoms in total. The van der Waals surface area contributed by atoms with E-state index in [4.69, 9.17) is 0 Å². The molecule has 0 N–H and O–H groups in total. The highest BCUT2D eigenvalue weighted by molar-refractivity contribution is 6.37. The van der Waals surface area contributed by atoms with Gasteiger partial charge in [0.25, 0.3) is 0 Å². The van der Waals surface area contributed by atoms with Crippen LogP contribution in [0.15, 0.2) is 0 Å². The van der Waals surface area contributed by atoms with Crippen molar-refractivity contribution in [2.45, 2.75) is 96.1 Å². The van der Waals surface area contributed by atoms with E-state index in [9.17, 15) is 0 Å². The van der Waals surface area contributed by atoms with Crippen molar-refractivity contribution in [3.05, 3.63) is 0 Å². The van der Waals surface area contributed by atoms with Crippen molar-refractivity contribution in [2.75, 3.05) is 0 Å². The standard InChI is InChI=1S/C18H36Si/c1-3-5-15-6-8-16(9-7-15)17-10-12-18(13-11-17)19-14-4-2/h15-18H,3-14,19H2,1-2H3/t15-,16-,17-,18-. The molecule has 0 aliphatic heterocycles. The Balaban J connectivity index is 1.65. The van der Waals surface area contributed by atoms with E-state index in [2.05, 4.69) is 13.8 Å². The third kappa shape index (κ3) is 4.92. The highest BCUT2D eigenvalue weighted by atomic mass is 28.2. The van der Waals surface area contributed by atoms with Crippen LogP contribution in [-0.2, 0) is 0 Å². The van der Waals surface area contributed by atoms with Crippen LogP contribution in [0.3, 0.4) is 0 Å². The summed E-state index contributed by atoms with van der Waals surface area (Å²) >= 11 is 0. The van der Waals surface area contributed by atoms with E-state index in [0.717, 1.165) is 17.8 Å². The first kappa shape index (κ1) is 15.6. The molecule has 0 heterocycles. The average Bonchev–Trinajstić information content (AvgIpc) is 2.47. The SMILES string of the molecule is CCC[SiH2][C@H]1CC[C@H]([C@H]2CC[C@H](CCC)CC2)CC1. The molecule has 0 spiro atoms. The molecule has 0 atom stereocenters. The van der Waals surface area contributed by atoms with Gasteiger partial charge >= 0.3 is 0 Å². The molecular weight excluding hydrogens is 244 g/mol. The van der Waals surface area contributed by atoms with Gasteiger partial charge in [0.2, 0.25) is 0 Å². The third-order valence-electron chi connectivity index (χ3n) is 6.11. The Labute approximate surface area is 124 Å². The largest absolute Gasteiger partial charge is 0.0657 e. The summed E-state index contributed by atoms with van der Waals surface area (Å²) in [5.74, 6) is 3.35. The van der Waals surface area contributed by atoms with Crippen LogP contribution < -0.4 is 0 Å². The van der Waals surface area contributed by atoms with Gasteiger partial charge in [0.15, 0.2) is 0 Å². The predicted molar refractivity (Wildman–Crippen MR) is 89.7 cm³/mol. The molecule has 0 aromatic heterocycles. The predicted octanol–water partition coefficient (Wildman–Crippen LogP) is 5.57. The molecule has 2 aliphatic carbocycles. The van der Waals surface area contributed by atoms with Crippen LogP contribution in [0.2, 0.25) is 11.6 Å². The van der Waals surface area contributed by atoms with E-state index in [1.807, 2.05) is 0 Å². The molecule has 2 saturated carbocycles. The molecular formula is C18H36Si. The van der Waals surface area contributed by atoms with Crippen molar-refractivity contribution in [1.82, 2.24) is 0 Å². The van der Waals surface area contributed by atoms with Crippen LogP contribution in [0.4, 0.5) is 0 Å². The second-order valence-corrected chi connectivity index (χ2v) is 9.93. The normalized spacial score (nSPS) is 36.9. The van der Waals surface area contributed by atoms with Crippen LogP contribution >= 0.6 is 0 Å². The molecule has 0 unspecified atom stereocenters. The molecule has 19 heavy (non-hydrogen) atoms. The van der Waals surface area contributed by atoms with Gasteiger partial charge in [0.05, 0.1) is 0 Å². The molecule has 0 saturated heterocycles. The fourth-order valence-corrected chi connectivity index (χ4v) is 6.83. The molecule has 1 heteroatoms. The van der Waals surface area contributed by atoms with E-state index < -0.39 is 0 Å². The minimum atomic E-state index is 0.299. The fourth-order valence-electron chi connectivity index (χ4n) is 4.80. The molecule has 0 bridgehead atoms. The Hall–Kier alpha value is 0.217. The van der Waals surface area contributed by atoms with E-state index in [1.54, 1.807) is 57.4 Å². The number of rotatable bonds is 6. The zero-order chi connectivity index (χ0) is 13.5. The van der Waals surface area contributed by atoms with Crippen LogP contribution in [-0.4, -0.2) is 9.52 Å². The maximum absolute atomic E-state index is 2.37. The lowest BCUT2D eigenvalue weighted by Crippen LogP contribution is -2.25. The van der Waals surface area contributed by atoms with E-state index in [0.29, 0.717) is 9.52 Å². The number of hydrogen-bond donors (Lipinski definition) is 0. The summed E-state index contributed by atoms with van der Waals surface area (Å²) in [6.45, 7) is 4.72. The zero-order valence-electron chi connectivity index (χ0n) is 13.5. The quantitative estimate of drug-likeness (QED) is 0.558. The Morgan fingerprint density at radius 2 is 1.32 bits per heavy atom. The Morgan fingerprint density at radius 3 is 1.84 bits per heavy atom. The molecule has 112 valence electrons. The molecule has 2 fully saturated rings. The highest BCUT2D eigenvalue weighted by Crippen LogP contribution is 2.43. The Kier molecular flexibility index (Phi) is 6.97. The highest BCUT2D eigenvalue weighted by Gasteiger charge is 2.30. The van der Waals surface area contributed by atoms with E-state index >= 15 is 0 Å². The summed E-state index contributed by atoms with van der Waals surface area (Å²) in [6, 6.07) is 1.61. The van der Waals surface area contributed by atoms with Crippen molar-refractivity contribution < 1.29 is 0 Å². The van der Waals surface area contributed by atoms with E-state index in [1.165, 1.54) is 24.8 Å². The maximum Gasteiger partial charge on any atom is 0.0231 e. The van der Waals surface area contributed by atoms with Crippen LogP contribution in [0.25, 0.3) is 0 Å². The topological polar surface area (TPSA) is 0 Å². The van der Waals surface area contributed by atoms with Gasteiger partial charge in [-0.25, -0.2) is 0 Å². The summed E-state index contributed by atoms with van der Waals surface area (Å²) in [5, 5.41) is 0. The summed E-state index contributed by atoms with van der Waals surface area (Å²) in [7, 11) is 0.299. The second-order valence-electron chi connectivity index (χ2n) is 7.49. The minimum Gasteiger partial charge on any atom is -0.0657 e. The molecule has 2 aliphatic rings. The van der Waals surface area contributed by atoms with Crippen molar-refractivity contribution in [3.8, 4) is 0 Å². The first-order valence-electron chi connectivity index (χ1n) is 9.33. The van der Waals surface area contributed by atoms with E-state index in [-0.39, 0.29) is 0 Å². The summed E-state index contributed by atoms with van der Waals surface area (Å²) < 4.78 is 0. The lowest BCUT2D eigenvalue weighted by Gasteiger charge is -2.38. The van der Waals surface area contributed by atoms with Gasteiger partial charge in [0.1, 0.15) is 0 Å². The van der Waals surface area contributed by atoms with Gasteiger partial charge < -0.3 is 0 Å². The fraction of sp³-hybridized carbons (Fsp3) is 1.00. The van der Waals surface area contributed by atoms with Gasteiger partial charge in [-0.2, -0.15) is 0 Å². The van der Waals surface area contributed by atoms with Crippen LogP contribution in [0, 0.1) is 17.8 Å². The first-order chi connectivity index (χ1) is 9.33. The molecule has 2 rings (SSSR count). The summed E-state index contributed by atoms with van der Waals surface area (Å²) in [5.41, 5.74) is 1.23. The third-order valence-corrected chi connectivity index (χ3v) is 8.86. The molecule has 0 radical (unpaired) electrons. The molecule has 0 aromatic carbocycles. The summed E-state index contributed by atoms with van der Waals surface area (Å²) in [6.07, 6.45) is 17.1. The lowest BCUT2D eigenvalue weighted by molar-refractivity contribution is 0.163. The lowest BCUT2D eigenvalue weighted by atomic mass is 9.70. The van der Waals surface area contributed by atoms with Gasteiger partial charge in [0, 0.05) is 9.52 Å². The van der Waals surface area contributed by atoms with Crippen molar-refractivity contribution in [3.63, 3.8) is 0 Å². The average molecular weight is 281 g/mol. The van der Waals surface area contributed by atoms with Gasteiger partial charge in [-0.05, 0) is 30.6 Å². The molecule has 0 aromatic rings. The Morgan fingerprint density at radius 1 is 0.737 bits per heavy atom. The second kappa shape index (κ2) is 8.49. The maximum atomic E-state index is 2.37. The van der Waals surface area contributed by atoms with Crippen molar-refractivity contribution in [1.29, 1.82) is 0 Å².